The molecule has 4 aliphatic carbocycles. The molecule has 4 aliphatic rings. The average Bonchev–Trinajstić information content (AvgIpc) is 2.94. The average molecular weight is 371 g/mol. The maximum absolute atomic E-state index is 12.7. The van der Waals surface area contributed by atoms with Crippen LogP contribution in [0, 0.1) is 34.5 Å². The zero-order chi connectivity index (χ0) is 19.4. The first-order valence-corrected chi connectivity index (χ1v) is 10.9. The summed E-state index contributed by atoms with van der Waals surface area (Å²) in [7, 11) is 0. The van der Waals surface area contributed by atoms with Gasteiger partial charge in [0.1, 0.15) is 6.61 Å². The van der Waals surface area contributed by atoms with Gasteiger partial charge < -0.3 is 5.11 Å². The van der Waals surface area contributed by atoms with Crippen molar-refractivity contribution in [2.45, 2.75) is 72.1 Å². The van der Waals surface area contributed by atoms with Gasteiger partial charge in [0, 0.05) is 17.8 Å². The third-order valence-corrected chi connectivity index (χ3v) is 8.67. The van der Waals surface area contributed by atoms with Crippen LogP contribution >= 0.6 is 0 Å². The SMILES string of the molecule is CCC[C@@H]1CC2C3CCC4=CC(=O)CC[C@]4(C)C3=CC[C@]2(C)[C@H]1C(=O)CO. The van der Waals surface area contributed by atoms with Crippen LogP contribution in [0.3, 0.4) is 0 Å². The number of carbonyl (C=O) groups excluding carboxylic acids is 2. The van der Waals surface area contributed by atoms with E-state index in [2.05, 4.69) is 26.8 Å². The molecule has 0 radical (unpaired) electrons. The second-order valence-electron chi connectivity index (χ2n) is 9.98. The lowest BCUT2D eigenvalue weighted by atomic mass is 9.51. The Morgan fingerprint density at radius 3 is 2.78 bits per heavy atom. The zero-order valence-corrected chi connectivity index (χ0v) is 17.1. The van der Waals surface area contributed by atoms with E-state index in [0.717, 1.165) is 44.9 Å². The number of ketones is 2. The molecule has 0 amide bonds. The second kappa shape index (κ2) is 6.69. The maximum atomic E-state index is 12.7. The summed E-state index contributed by atoms with van der Waals surface area (Å²) in [6.45, 7) is 6.55. The minimum atomic E-state index is -0.318. The van der Waals surface area contributed by atoms with Crippen LogP contribution in [0.25, 0.3) is 0 Å². The molecule has 0 aliphatic heterocycles. The molecule has 6 atom stereocenters. The highest BCUT2D eigenvalue weighted by molar-refractivity contribution is 5.92. The van der Waals surface area contributed by atoms with Gasteiger partial charge in [-0.25, -0.2) is 0 Å². The normalized spacial score (nSPS) is 43.3. The Morgan fingerprint density at radius 2 is 2.07 bits per heavy atom. The molecule has 0 bridgehead atoms. The van der Waals surface area contributed by atoms with Crippen molar-refractivity contribution < 1.29 is 14.7 Å². The largest absolute Gasteiger partial charge is 0.389 e. The lowest BCUT2D eigenvalue weighted by molar-refractivity contribution is -0.131. The Bertz CT molecular complexity index is 717. The van der Waals surface area contributed by atoms with E-state index in [4.69, 9.17) is 0 Å². The van der Waals surface area contributed by atoms with Gasteiger partial charge in [0.25, 0.3) is 0 Å². The first kappa shape index (κ1) is 19.1. The molecule has 4 rings (SSSR count). The zero-order valence-electron chi connectivity index (χ0n) is 17.1. The van der Waals surface area contributed by atoms with Crippen LogP contribution in [0.15, 0.2) is 23.3 Å². The van der Waals surface area contributed by atoms with E-state index >= 15 is 0 Å². The number of allylic oxidation sites excluding steroid dienone is 4. The van der Waals surface area contributed by atoms with E-state index in [-0.39, 0.29) is 29.1 Å². The molecule has 2 unspecified atom stereocenters. The monoisotopic (exact) mass is 370 g/mol. The molecule has 148 valence electrons. The van der Waals surface area contributed by atoms with E-state index in [1.54, 1.807) is 5.57 Å². The van der Waals surface area contributed by atoms with E-state index in [1.165, 1.54) is 5.57 Å². The summed E-state index contributed by atoms with van der Waals surface area (Å²) >= 11 is 0. The molecule has 2 saturated carbocycles. The summed E-state index contributed by atoms with van der Waals surface area (Å²) in [5, 5.41) is 9.63. The summed E-state index contributed by atoms with van der Waals surface area (Å²) in [5.41, 5.74) is 2.94. The van der Waals surface area contributed by atoms with Crippen LogP contribution in [0.4, 0.5) is 0 Å². The fraction of sp³-hybridized carbons (Fsp3) is 0.750. The van der Waals surface area contributed by atoms with Crippen LogP contribution in [0.2, 0.25) is 0 Å². The van der Waals surface area contributed by atoms with Crippen molar-refractivity contribution in [1.82, 2.24) is 0 Å². The van der Waals surface area contributed by atoms with Crippen molar-refractivity contribution in [1.29, 1.82) is 0 Å². The topological polar surface area (TPSA) is 54.4 Å². The predicted molar refractivity (Wildman–Crippen MR) is 106 cm³/mol. The van der Waals surface area contributed by atoms with Crippen LogP contribution in [-0.4, -0.2) is 23.3 Å². The van der Waals surface area contributed by atoms with Crippen LogP contribution in [-0.2, 0) is 9.59 Å². The van der Waals surface area contributed by atoms with Crippen molar-refractivity contribution in [3.8, 4) is 0 Å². The van der Waals surface area contributed by atoms with Crippen molar-refractivity contribution in [2.24, 2.45) is 34.5 Å². The molecule has 0 aromatic heterocycles. The van der Waals surface area contributed by atoms with Gasteiger partial charge in [0.15, 0.2) is 11.6 Å². The van der Waals surface area contributed by atoms with Crippen LogP contribution in [0.5, 0.6) is 0 Å². The summed E-state index contributed by atoms with van der Waals surface area (Å²) in [6.07, 6.45) is 12.4. The number of Topliss-reactive ketones (excluding diaryl/α,β-unsaturated/α-hetero) is 1. The summed E-state index contributed by atoms with van der Waals surface area (Å²) in [4.78, 5) is 24.7. The van der Waals surface area contributed by atoms with Gasteiger partial charge in [-0.1, -0.05) is 44.4 Å². The molecular formula is C24H34O3. The van der Waals surface area contributed by atoms with Crippen molar-refractivity contribution in [3.05, 3.63) is 23.3 Å². The Morgan fingerprint density at radius 1 is 1.30 bits per heavy atom. The fourth-order valence-corrected chi connectivity index (χ4v) is 7.42. The van der Waals surface area contributed by atoms with E-state index in [9.17, 15) is 14.7 Å². The minimum Gasteiger partial charge on any atom is -0.389 e. The summed E-state index contributed by atoms with van der Waals surface area (Å²) in [6, 6.07) is 0. The highest BCUT2D eigenvalue weighted by Crippen LogP contribution is 2.66. The van der Waals surface area contributed by atoms with Gasteiger partial charge in [0.05, 0.1) is 0 Å². The number of fused-ring (bicyclic) bond motifs is 5. The fourth-order valence-electron chi connectivity index (χ4n) is 7.42. The predicted octanol–water partition coefficient (Wildman–Crippen LogP) is 4.64. The Labute approximate surface area is 163 Å². The third kappa shape index (κ3) is 2.72. The number of aliphatic hydroxyl groups is 1. The maximum Gasteiger partial charge on any atom is 0.162 e. The third-order valence-electron chi connectivity index (χ3n) is 8.67. The molecule has 3 nitrogen and oxygen atoms in total. The van der Waals surface area contributed by atoms with Gasteiger partial charge in [-0.05, 0) is 67.8 Å². The van der Waals surface area contributed by atoms with Gasteiger partial charge in [-0.15, -0.1) is 0 Å². The second-order valence-corrected chi connectivity index (χ2v) is 9.98. The first-order chi connectivity index (χ1) is 12.8. The molecule has 27 heavy (non-hydrogen) atoms. The first-order valence-electron chi connectivity index (χ1n) is 10.9. The summed E-state index contributed by atoms with van der Waals surface area (Å²) in [5.74, 6) is 1.83. The molecule has 3 heteroatoms. The Balaban J connectivity index is 1.72. The van der Waals surface area contributed by atoms with Gasteiger partial charge in [-0.2, -0.15) is 0 Å². The van der Waals surface area contributed by atoms with Gasteiger partial charge in [-0.3, -0.25) is 9.59 Å². The number of hydrogen-bond acceptors (Lipinski definition) is 3. The van der Waals surface area contributed by atoms with Crippen molar-refractivity contribution >= 4 is 11.6 Å². The smallest absolute Gasteiger partial charge is 0.162 e. The molecule has 2 fully saturated rings. The number of carbonyl (C=O) groups is 2. The van der Waals surface area contributed by atoms with Crippen LogP contribution in [0.1, 0.15) is 72.1 Å². The number of aliphatic hydroxyl groups excluding tert-OH is 1. The number of rotatable bonds is 4. The Kier molecular flexibility index (Phi) is 4.73. The van der Waals surface area contributed by atoms with E-state index in [0.29, 0.717) is 30.0 Å². The van der Waals surface area contributed by atoms with Crippen molar-refractivity contribution in [2.75, 3.05) is 6.61 Å². The lowest BCUT2D eigenvalue weighted by Gasteiger charge is -2.53. The molecule has 1 N–H and O–H groups in total. The minimum absolute atomic E-state index is 0.00271. The lowest BCUT2D eigenvalue weighted by Crippen LogP contribution is -2.46. The quantitative estimate of drug-likeness (QED) is 0.733. The molecule has 0 heterocycles. The van der Waals surface area contributed by atoms with E-state index < -0.39 is 0 Å². The highest BCUT2D eigenvalue weighted by atomic mass is 16.3. The molecular weight excluding hydrogens is 336 g/mol. The number of hydrogen-bond donors (Lipinski definition) is 1. The molecule has 0 spiro atoms. The highest BCUT2D eigenvalue weighted by Gasteiger charge is 2.59. The standard InChI is InChI=1S/C24H34O3/c1-4-5-15-12-20-18-7-6-16-13-17(26)8-10-23(16,2)19(18)9-11-24(20,3)22(15)21(27)14-25/h9,13,15,18,20,22,25H,4-8,10-12,14H2,1-3H3/t15-,18?,20?,22-,23+,24+/m1/s1. The van der Waals surface area contributed by atoms with Gasteiger partial charge >= 0.3 is 0 Å². The Hall–Kier alpha value is -1.22. The molecule has 0 aromatic carbocycles. The van der Waals surface area contributed by atoms with Crippen LogP contribution < -0.4 is 0 Å². The van der Waals surface area contributed by atoms with Crippen molar-refractivity contribution in [3.63, 3.8) is 0 Å². The molecule has 0 aromatic rings. The molecule has 0 saturated heterocycles. The van der Waals surface area contributed by atoms with Gasteiger partial charge in [0.2, 0.25) is 0 Å². The summed E-state index contributed by atoms with van der Waals surface area (Å²) < 4.78 is 0. The van der Waals surface area contributed by atoms with E-state index in [1.807, 2.05) is 6.08 Å².